The molecule has 186 valence electrons. The molecule has 10 heteroatoms. The minimum atomic E-state index is -4.51. The van der Waals surface area contributed by atoms with E-state index in [2.05, 4.69) is 4.99 Å². The van der Waals surface area contributed by atoms with Gasteiger partial charge in [-0.25, -0.2) is 4.99 Å². The first kappa shape index (κ1) is 24.0. The molecule has 36 heavy (non-hydrogen) atoms. The summed E-state index contributed by atoms with van der Waals surface area (Å²) in [6, 6.07) is 15.1. The Hall–Kier alpha value is -3.72. The molecule has 2 heterocycles. The number of methoxy groups -OCH3 is 1. The SMILES string of the molecule is COc1ccc2c(c1)Oc1ccc(C(F)(F)F)cc1N=C2N1CCN(C(=O)c2ccc(Cl)cc2)CC1. The zero-order valence-corrected chi connectivity index (χ0v) is 19.9. The Bertz CT molecular complexity index is 1330. The lowest BCUT2D eigenvalue weighted by Crippen LogP contribution is -2.50. The highest BCUT2D eigenvalue weighted by Crippen LogP contribution is 2.42. The molecule has 0 atom stereocenters. The molecule has 0 spiro atoms. The molecule has 0 bridgehead atoms. The minimum absolute atomic E-state index is 0.0784. The first-order valence-electron chi connectivity index (χ1n) is 11.2. The maximum absolute atomic E-state index is 13.4. The molecule has 0 radical (unpaired) electrons. The molecule has 1 saturated heterocycles. The van der Waals surface area contributed by atoms with E-state index < -0.39 is 11.7 Å². The number of fused-ring (bicyclic) bond motifs is 2. The molecule has 0 aliphatic carbocycles. The van der Waals surface area contributed by atoms with Gasteiger partial charge in [0, 0.05) is 42.8 Å². The molecule has 1 amide bonds. The van der Waals surface area contributed by atoms with Crippen LogP contribution in [-0.2, 0) is 6.18 Å². The van der Waals surface area contributed by atoms with Crippen molar-refractivity contribution in [3.05, 3.63) is 82.4 Å². The molecular formula is C26H21ClF3N3O3. The summed E-state index contributed by atoms with van der Waals surface area (Å²) in [6.45, 7) is 1.72. The number of piperazine rings is 1. The number of carbonyl (C=O) groups excluding carboxylic acids is 1. The van der Waals surface area contributed by atoms with Crippen LogP contribution in [0.25, 0.3) is 0 Å². The highest BCUT2D eigenvalue weighted by atomic mass is 35.5. The van der Waals surface area contributed by atoms with Crippen molar-refractivity contribution in [2.45, 2.75) is 6.18 Å². The summed E-state index contributed by atoms with van der Waals surface area (Å²) in [6.07, 6.45) is -4.51. The number of alkyl halides is 3. The van der Waals surface area contributed by atoms with Gasteiger partial charge < -0.3 is 19.3 Å². The lowest BCUT2D eigenvalue weighted by Gasteiger charge is -2.36. The highest BCUT2D eigenvalue weighted by molar-refractivity contribution is 6.30. The van der Waals surface area contributed by atoms with Crippen molar-refractivity contribution in [3.63, 3.8) is 0 Å². The van der Waals surface area contributed by atoms with Crippen molar-refractivity contribution >= 4 is 29.0 Å². The van der Waals surface area contributed by atoms with Crippen LogP contribution in [0.2, 0.25) is 5.02 Å². The van der Waals surface area contributed by atoms with Crippen LogP contribution >= 0.6 is 11.6 Å². The van der Waals surface area contributed by atoms with Crippen LogP contribution in [0.15, 0.2) is 65.7 Å². The third kappa shape index (κ3) is 4.70. The zero-order valence-electron chi connectivity index (χ0n) is 19.2. The maximum Gasteiger partial charge on any atom is 0.416 e. The van der Waals surface area contributed by atoms with E-state index in [9.17, 15) is 18.0 Å². The van der Waals surface area contributed by atoms with E-state index in [4.69, 9.17) is 21.1 Å². The van der Waals surface area contributed by atoms with Crippen molar-refractivity contribution in [3.8, 4) is 17.2 Å². The number of rotatable bonds is 2. The number of halogens is 4. The van der Waals surface area contributed by atoms with E-state index in [1.807, 2.05) is 4.90 Å². The van der Waals surface area contributed by atoms with Gasteiger partial charge in [-0.1, -0.05) is 11.6 Å². The average Bonchev–Trinajstić information content (AvgIpc) is 3.04. The molecule has 5 rings (SSSR count). The Kier molecular flexibility index (Phi) is 6.26. The lowest BCUT2D eigenvalue weighted by molar-refractivity contribution is -0.137. The second kappa shape index (κ2) is 9.39. The summed E-state index contributed by atoms with van der Waals surface area (Å²) in [4.78, 5) is 21.2. The van der Waals surface area contributed by atoms with Gasteiger partial charge in [-0.2, -0.15) is 13.2 Å². The van der Waals surface area contributed by atoms with Crippen LogP contribution in [0.3, 0.4) is 0 Å². The maximum atomic E-state index is 13.4. The standard InChI is InChI=1S/C26H21ClF3N3O3/c1-35-19-7-8-20-23(15-19)36-22-9-4-17(26(28,29)30)14-21(22)31-24(20)32-10-12-33(13-11-32)25(34)16-2-5-18(27)6-3-16/h2-9,14-15H,10-13H2,1H3. The third-order valence-electron chi connectivity index (χ3n) is 6.12. The summed E-state index contributed by atoms with van der Waals surface area (Å²) >= 11 is 5.93. The Morgan fingerprint density at radius 2 is 1.69 bits per heavy atom. The van der Waals surface area contributed by atoms with Crippen LogP contribution in [0.5, 0.6) is 17.2 Å². The molecule has 0 aromatic heterocycles. The number of hydrogen-bond acceptors (Lipinski definition) is 5. The number of carbonyl (C=O) groups is 1. The first-order valence-corrected chi connectivity index (χ1v) is 11.6. The van der Waals surface area contributed by atoms with E-state index in [-0.39, 0.29) is 17.3 Å². The molecule has 6 nitrogen and oxygen atoms in total. The van der Waals surface area contributed by atoms with E-state index >= 15 is 0 Å². The van der Waals surface area contributed by atoms with Gasteiger partial charge in [0.1, 0.15) is 23.0 Å². The number of benzene rings is 3. The van der Waals surface area contributed by atoms with Crippen LogP contribution in [0.4, 0.5) is 18.9 Å². The largest absolute Gasteiger partial charge is 0.497 e. The Morgan fingerprint density at radius 1 is 0.972 bits per heavy atom. The lowest BCUT2D eigenvalue weighted by atomic mass is 10.1. The zero-order chi connectivity index (χ0) is 25.4. The van der Waals surface area contributed by atoms with Gasteiger partial charge in [-0.05, 0) is 54.6 Å². The van der Waals surface area contributed by atoms with Crippen molar-refractivity contribution in [1.29, 1.82) is 0 Å². The van der Waals surface area contributed by atoms with E-state index in [0.29, 0.717) is 59.7 Å². The number of nitrogens with zero attached hydrogens (tertiary/aromatic N) is 3. The molecule has 1 fully saturated rings. The summed E-state index contributed by atoms with van der Waals surface area (Å²) in [5.74, 6) is 1.55. The van der Waals surface area contributed by atoms with E-state index in [1.54, 1.807) is 47.4 Å². The van der Waals surface area contributed by atoms with E-state index in [0.717, 1.165) is 12.1 Å². The quantitative estimate of drug-likeness (QED) is 0.419. The van der Waals surface area contributed by atoms with Crippen LogP contribution in [0.1, 0.15) is 21.5 Å². The summed E-state index contributed by atoms with van der Waals surface area (Å²) in [5, 5.41) is 0.550. The average molecular weight is 516 g/mol. The fraction of sp³-hybridized carbons (Fsp3) is 0.231. The Balaban J connectivity index is 1.46. The number of amides is 1. The number of aliphatic imine (C=N–C) groups is 1. The van der Waals surface area contributed by atoms with Gasteiger partial charge in [0.15, 0.2) is 5.75 Å². The van der Waals surface area contributed by atoms with Crippen molar-refractivity contribution in [2.75, 3.05) is 33.3 Å². The van der Waals surface area contributed by atoms with Gasteiger partial charge in [0.25, 0.3) is 5.91 Å². The van der Waals surface area contributed by atoms with Gasteiger partial charge in [-0.3, -0.25) is 4.79 Å². The van der Waals surface area contributed by atoms with Gasteiger partial charge in [0.2, 0.25) is 0 Å². The predicted molar refractivity (Wildman–Crippen MR) is 130 cm³/mol. The molecule has 0 saturated carbocycles. The molecule has 3 aromatic carbocycles. The van der Waals surface area contributed by atoms with Crippen molar-refractivity contribution in [2.24, 2.45) is 4.99 Å². The fourth-order valence-electron chi connectivity index (χ4n) is 4.20. The predicted octanol–water partition coefficient (Wildman–Crippen LogP) is 6.01. The smallest absolute Gasteiger partial charge is 0.416 e. The summed E-state index contributed by atoms with van der Waals surface area (Å²) in [7, 11) is 1.52. The summed E-state index contributed by atoms with van der Waals surface area (Å²) in [5.41, 5.74) is 0.432. The van der Waals surface area contributed by atoms with Crippen LogP contribution in [0, 0.1) is 0 Å². The first-order chi connectivity index (χ1) is 17.2. The van der Waals surface area contributed by atoms with Crippen LogP contribution in [-0.4, -0.2) is 54.8 Å². The van der Waals surface area contributed by atoms with Crippen LogP contribution < -0.4 is 9.47 Å². The molecule has 3 aromatic rings. The molecule has 0 N–H and O–H groups in total. The van der Waals surface area contributed by atoms with Crippen molar-refractivity contribution in [1.82, 2.24) is 9.80 Å². The molecule has 0 unspecified atom stereocenters. The Morgan fingerprint density at radius 3 is 2.36 bits per heavy atom. The van der Waals surface area contributed by atoms with Gasteiger partial charge in [0.05, 0.1) is 18.2 Å². The van der Waals surface area contributed by atoms with Gasteiger partial charge >= 0.3 is 6.18 Å². The van der Waals surface area contributed by atoms with Crippen molar-refractivity contribution < 1.29 is 27.4 Å². The Labute approximate surface area is 210 Å². The van der Waals surface area contributed by atoms with Gasteiger partial charge in [-0.15, -0.1) is 0 Å². The topological polar surface area (TPSA) is 54.4 Å². The number of ether oxygens (including phenoxy) is 2. The minimum Gasteiger partial charge on any atom is -0.497 e. The normalized spacial score (nSPS) is 15.3. The molecule has 2 aliphatic heterocycles. The fourth-order valence-corrected chi connectivity index (χ4v) is 4.32. The number of amidine groups is 1. The second-order valence-electron chi connectivity index (χ2n) is 8.37. The highest BCUT2D eigenvalue weighted by Gasteiger charge is 2.33. The second-order valence-corrected chi connectivity index (χ2v) is 8.80. The summed E-state index contributed by atoms with van der Waals surface area (Å²) < 4.78 is 51.5. The number of hydrogen-bond donors (Lipinski definition) is 0. The third-order valence-corrected chi connectivity index (χ3v) is 6.37. The van der Waals surface area contributed by atoms with E-state index in [1.165, 1.54) is 13.2 Å². The monoisotopic (exact) mass is 515 g/mol. The molecular weight excluding hydrogens is 495 g/mol. The molecule has 2 aliphatic rings.